The zero-order chi connectivity index (χ0) is 13.6. The van der Waals surface area contributed by atoms with Crippen molar-refractivity contribution in [3.05, 3.63) is 24.0 Å². The molecule has 0 spiro atoms. The summed E-state index contributed by atoms with van der Waals surface area (Å²) < 4.78 is 5.53. The summed E-state index contributed by atoms with van der Waals surface area (Å²) in [5, 5.41) is 8.96. The van der Waals surface area contributed by atoms with Gasteiger partial charge in [0.15, 0.2) is 0 Å². The molecule has 0 aliphatic carbocycles. The average molecular weight is 251 g/mol. The summed E-state index contributed by atoms with van der Waals surface area (Å²) in [5.74, 6) is 0.0178. The number of unbranched alkanes of at least 4 members (excludes halogenated alkanes) is 1. The molecule has 4 nitrogen and oxygen atoms in total. The summed E-state index contributed by atoms with van der Waals surface area (Å²) in [6, 6.07) is 3.80. The number of aliphatic carboxylic acids is 1. The lowest BCUT2D eigenvalue weighted by atomic mass is 9.87. The van der Waals surface area contributed by atoms with Crippen molar-refractivity contribution >= 4 is 5.97 Å². The topological polar surface area (TPSA) is 59.4 Å². The number of aromatic nitrogens is 1. The maximum absolute atomic E-state index is 10.9. The molecule has 1 aromatic heterocycles. The van der Waals surface area contributed by atoms with E-state index in [1.54, 1.807) is 20.0 Å². The molecule has 1 N–H and O–H groups in total. The first-order chi connectivity index (χ1) is 8.42. The molecule has 1 heterocycles. The van der Waals surface area contributed by atoms with Crippen LogP contribution < -0.4 is 4.74 Å². The van der Waals surface area contributed by atoms with Crippen LogP contribution >= 0.6 is 0 Å². The van der Waals surface area contributed by atoms with E-state index in [1.165, 1.54) is 0 Å². The molecule has 18 heavy (non-hydrogen) atoms. The van der Waals surface area contributed by atoms with Gasteiger partial charge >= 0.3 is 5.97 Å². The van der Waals surface area contributed by atoms with E-state index in [-0.39, 0.29) is 0 Å². The van der Waals surface area contributed by atoms with E-state index in [1.807, 2.05) is 19.1 Å². The van der Waals surface area contributed by atoms with Crippen LogP contribution in [0, 0.1) is 12.3 Å². The van der Waals surface area contributed by atoms with Gasteiger partial charge in [0.25, 0.3) is 0 Å². The molecule has 0 aliphatic heterocycles. The molecule has 1 rings (SSSR count). The minimum Gasteiger partial charge on any atom is -0.492 e. The first kappa shape index (κ1) is 14.5. The molecule has 0 saturated carbocycles. The van der Waals surface area contributed by atoms with E-state index in [0.29, 0.717) is 13.0 Å². The van der Waals surface area contributed by atoms with Crippen molar-refractivity contribution in [1.29, 1.82) is 0 Å². The Morgan fingerprint density at radius 3 is 2.67 bits per heavy atom. The molecule has 0 fully saturated rings. The maximum Gasteiger partial charge on any atom is 0.309 e. The van der Waals surface area contributed by atoms with Gasteiger partial charge in [0.05, 0.1) is 18.2 Å². The highest BCUT2D eigenvalue weighted by atomic mass is 16.5. The predicted octanol–water partition coefficient (Wildman–Crippen LogP) is 3.05. The Labute approximate surface area is 108 Å². The molecule has 100 valence electrons. The second-order valence-corrected chi connectivity index (χ2v) is 5.13. The molecule has 0 unspecified atom stereocenters. The van der Waals surface area contributed by atoms with Crippen LogP contribution in [0.2, 0.25) is 0 Å². The summed E-state index contributed by atoms with van der Waals surface area (Å²) >= 11 is 0. The predicted molar refractivity (Wildman–Crippen MR) is 69.7 cm³/mol. The molecule has 0 aromatic carbocycles. The van der Waals surface area contributed by atoms with Crippen LogP contribution in [0.1, 0.15) is 38.8 Å². The number of carbonyl (C=O) groups is 1. The van der Waals surface area contributed by atoms with Gasteiger partial charge < -0.3 is 9.84 Å². The summed E-state index contributed by atoms with van der Waals surface area (Å²) in [6.45, 7) is 6.03. The largest absolute Gasteiger partial charge is 0.492 e. The SMILES string of the molecule is Cc1ccc(OCCCCC(C)(C)C(=O)O)cn1. The summed E-state index contributed by atoms with van der Waals surface area (Å²) in [7, 11) is 0. The third kappa shape index (κ3) is 4.73. The third-order valence-corrected chi connectivity index (χ3v) is 2.93. The van der Waals surface area contributed by atoms with Crippen LogP contribution in [0.3, 0.4) is 0 Å². The molecule has 1 aromatic rings. The Hall–Kier alpha value is -1.58. The van der Waals surface area contributed by atoms with Gasteiger partial charge in [-0.1, -0.05) is 0 Å². The zero-order valence-electron chi connectivity index (χ0n) is 11.3. The molecule has 0 amide bonds. The van der Waals surface area contributed by atoms with Gasteiger partial charge in [0, 0.05) is 5.69 Å². The average Bonchev–Trinajstić information content (AvgIpc) is 2.31. The smallest absolute Gasteiger partial charge is 0.309 e. The number of aryl methyl sites for hydroxylation is 1. The number of rotatable bonds is 7. The maximum atomic E-state index is 10.9. The molecular weight excluding hydrogens is 230 g/mol. The normalized spacial score (nSPS) is 11.3. The van der Waals surface area contributed by atoms with Gasteiger partial charge in [0.2, 0.25) is 0 Å². The second kappa shape index (κ2) is 6.38. The van der Waals surface area contributed by atoms with Crippen molar-refractivity contribution in [3.63, 3.8) is 0 Å². The molecule has 0 aliphatic rings. The molecule has 0 atom stereocenters. The molecule has 0 radical (unpaired) electrons. The number of hydrogen-bond donors (Lipinski definition) is 1. The Balaban J connectivity index is 2.20. The van der Waals surface area contributed by atoms with Crippen molar-refractivity contribution in [2.24, 2.45) is 5.41 Å². The van der Waals surface area contributed by atoms with Crippen molar-refractivity contribution in [2.75, 3.05) is 6.61 Å². The summed E-state index contributed by atoms with van der Waals surface area (Å²) in [6.07, 6.45) is 4.07. The zero-order valence-corrected chi connectivity index (χ0v) is 11.3. The Kier molecular flexibility index (Phi) is 5.13. The minimum absolute atomic E-state index is 0.598. The second-order valence-electron chi connectivity index (χ2n) is 5.13. The lowest BCUT2D eigenvalue weighted by Crippen LogP contribution is -2.23. The van der Waals surface area contributed by atoms with E-state index < -0.39 is 11.4 Å². The number of ether oxygens (including phenoxy) is 1. The first-order valence-electron chi connectivity index (χ1n) is 6.21. The summed E-state index contributed by atoms with van der Waals surface area (Å²) in [4.78, 5) is 15.0. The van der Waals surface area contributed by atoms with Gasteiger partial charge in [-0.3, -0.25) is 9.78 Å². The fourth-order valence-electron chi connectivity index (χ4n) is 1.51. The van der Waals surface area contributed by atoms with E-state index in [0.717, 1.165) is 24.3 Å². The molecule has 4 heteroatoms. The molecule has 0 bridgehead atoms. The quantitative estimate of drug-likeness (QED) is 0.757. The lowest BCUT2D eigenvalue weighted by molar-refractivity contribution is -0.147. The van der Waals surface area contributed by atoms with Crippen LogP contribution in [-0.4, -0.2) is 22.7 Å². The van der Waals surface area contributed by atoms with E-state index in [4.69, 9.17) is 9.84 Å². The Morgan fingerprint density at radius 1 is 1.39 bits per heavy atom. The van der Waals surface area contributed by atoms with Crippen LogP contribution in [0.25, 0.3) is 0 Å². The standard InChI is InChI=1S/C14H21NO3/c1-11-6-7-12(10-15-11)18-9-5-4-8-14(2,3)13(16)17/h6-7,10H,4-5,8-9H2,1-3H3,(H,16,17). The van der Waals surface area contributed by atoms with Crippen molar-refractivity contribution in [1.82, 2.24) is 4.98 Å². The van der Waals surface area contributed by atoms with Crippen molar-refractivity contribution < 1.29 is 14.6 Å². The van der Waals surface area contributed by atoms with Crippen molar-refractivity contribution in [2.45, 2.75) is 40.0 Å². The Bertz CT molecular complexity index is 385. The number of carboxylic acids is 1. The highest BCUT2D eigenvalue weighted by molar-refractivity contribution is 5.73. The van der Waals surface area contributed by atoms with E-state index in [2.05, 4.69) is 4.98 Å². The lowest BCUT2D eigenvalue weighted by Gasteiger charge is -2.18. The number of pyridine rings is 1. The van der Waals surface area contributed by atoms with Crippen molar-refractivity contribution in [3.8, 4) is 5.75 Å². The van der Waals surface area contributed by atoms with Gasteiger partial charge in [-0.25, -0.2) is 0 Å². The highest BCUT2D eigenvalue weighted by Gasteiger charge is 2.25. The van der Waals surface area contributed by atoms with Gasteiger partial charge in [0.1, 0.15) is 5.75 Å². The Morgan fingerprint density at radius 2 is 2.11 bits per heavy atom. The first-order valence-corrected chi connectivity index (χ1v) is 6.21. The summed E-state index contributed by atoms with van der Waals surface area (Å²) in [5.41, 5.74) is 0.316. The van der Waals surface area contributed by atoms with Crippen LogP contribution in [0.4, 0.5) is 0 Å². The van der Waals surface area contributed by atoms with Gasteiger partial charge in [-0.2, -0.15) is 0 Å². The number of hydrogen-bond acceptors (Lipinski definition) is 3. The molecular formula is C14H21NO3. The monoisotopic (exact) mass is 251 g/mol. The fourth-order valence-corrected chi connectivity index (χ4v) is 1.51. The minimum atomic E-state index is -0.744. The van der Waals surface area contributed by atoms with E-state index >= 15 is 0 Å². The van der Waals surface area contributed by atoms with Gasteiger partial charge in [-0.05, 0) is 52.2 Å². The highest BCUT2D eigenvalue weighted by Crippen LogP contribution is 2.23. The van der Waals surface area contributed by atoms with Crippen LogP contribution in [0.15, 0.2) is 18.3 Å². The molecule has 0 saturated heterocycles. The van der Waals surface area contributed by atoms with Gasteiger partial charge in [-0.15, -0.1) is 0 Å². The number of nitrogens with zero attached hydrogens (tertiary/aromatic N) is 1. The van der Waals surface area contributed by atoms with Crippen LogP contribution in [-0.2, 0) is 4.79 Å². The number of carboxylic acid groups (broad SMARTS) is 1. The van der Waals surface area contributed by atoms with Crippen LogP contribution in [0.5, 0.6) is 5.75 Å². The fraction of sp³-hybridized carbons (Fsp3) is 0.571. The van der Waals surface area contributed by atoms with E-state index in [9.17, 15) is 4.79 Å². The third-order valence-electron chi connectivity index (χ3n) is 2.93.